The molecular weight excluding hydrogens is 380 g/mol. The van der Waals surface area contributed by atoms with E-state index in [9.17, 15) is 0 Å². The van der Waals surface area contributed by atoms with Gasteiger partial charge in [-0.25, -0.2) is 18.3 Å². The fraction of sp³-hybridized carbons (Fsp3) is 0.259. The van der Waals surface area contributed by atoms with Crippen LogP contribution in [0.25, 0.3) is 22.3 Å². The molecule has 0 amide bonds. The Labute approximate surface area is 185 Å². The van der Waals surface area contributed by atoms with E-state index in [1.165, 1.54) is 22.3 Å². The van der Waals surface area contributed by atoms with Gasteiger partial charge in [0.25, 0.3) is 0 Å². The van der Waals surface area contributed by atoms with Gasteiger partial charge in [-0.15, -0.1) is 0 Å². The Morgan fingerprint density at radius 3 is 0.935 bits per heavy atom. The lowest BCUT2D eigenvalue weighted by molar-refractivity contribution is -0.726. The summed E-state index contributed by atoms with van der Waals surface area (Å²) < 4.78 is 8.89. The van der Waals surface area contributed by atoms with E-state index >= 15 is 0 Å². The predicted molar refractivity (Wildman–Crippen MR) is 121 cm³/mol. The van der Waals surface area contributed by atoms with Crippen LogP contribution in [0.2, 0.25) is 0 Å². The fourth-order valence-corrected chi connectivity index (χ4v) is 3.75. The molecule has 0 saturated carbocycles. The Kier molecular flexibility index (Phi) is 6.78. The van der Waals surface area contributed by atoms with Crippen molar-refractivity contribution in [3.63, 3.8) is 0 Å². The largest absolute Gasteiger partial charge is 0.205 e. The van der Waals surface area contributed by atoms with Gasteiger partial charge in [0.15, 0.2) is 62.7 Å². The Morgan fingerprint density at radius 2 is 0.677 bits per heavy atom. The zero-order valence-electron chi connectivity index (χ0n) is 18.6. The first-order chi connectivity index (χ1) is 15.2. The molecule has 0 unspecified atom stereocenters. The van der Waals surface area contributed by atoms with Gasteiger partial charge in [0.2, 0.25) is 0 Å². The number of aromatic nitrogens is 4. The van der Waals surface area contributed by atoms with E-state index in [2.05, 4.69) is 130 Å². The monoisotopic (exact) mass is 412 g/mol. The second kappa shape index (κ2) is 10.1. The standard InChI is InChI=1S/C27H32N4/c1-3-28-16-6-24(7-17-28)26-10-20-30(21-11-26)14-5-15-31-22-12-27(13-23-31)25-8-18-29(4-2)19-9-25/h6-13,16-23H,3-5,14-15H2,1-2H3/q+4. The van der Waals surface area contributed by atoms with Crippen molar-refractivity contribution in [3.05, 3.63) is 98.1 Å². The topological polar surface area (TPSA) is 15.5 Å². The number of nitrogens with zero attached hydrogens (tertiary/aromatic N) is 4. The number of hydrogen-bond donors (Lipinski definition) is 0. The maximum atomic E-state index is 2.26. The van der Waals surface area contributed by atoms with Crippen LogP contribution in [0.4, 0.5) is 0 Å². The van der Waals surface area contributed by atoms with Crippen LogP contribution >= 0.6 is 0 Å². The summed E-state index contributed by atoms with van der Waals surface area (Å²) in [5.74, 6) is 0. The van der Waals surface area contributed by atoms with Crippen LogP contribution in [-0.4, -0.2) is 0 Å². The molecule has 0 N–H and O–H groups in total. The van der Waals surface area contributed by atoms with Gasteiger partial charge in [0.1, 0.15) is 13.1 Å². The minimum atomic E-state index is 1.00. The normalized spacial score (nSPS) is 10.9. The fourth-order valence-electron chi connectivity index (χ4n) is 3.75. The first kappa shape index (κ1) is 20.9. The van der Waals surface area contributed by atoms with Crippen molar-refractivity contribution < 1.29 is 18.3 Å². The predicted octanol–water partition coefficient (Wildman–Crippen LogP) is 3.30. The summed E-state index contributed by atoms with van der Waals surface area (Å²) in [7, 11) is 0. The van der Waals surface area contributed by atoms with Crippen molar-refractivity contribution >= 4 is 0 Å². The lowest BCUT2D eigenvalue weighted by Gasteiger charge is -2.02. The van der Waals surface area contributed by atoms with E-state index in [0.29, 0.717) is 0 Å². The Morgan fingerprint density at radius 1 is 0.419 bits per heavy atom. The third-order valence-electron chi connectivity index (χ3n) is 5.79. The minimum Gasteiger partial charge on any atom is -0.205 e. The Bertz CT molecular complexity index is 993. The van der Waals surface area contributed by atoms with Crippen LogP contribution in [0.5, 0.6) is 0 Å². The second-order valence-electron chi connectivity index (χ2n) is 7.84. The van der Waals surface area contributed by atoms with E-state index in [4.69, 9.17) is 0 Å². The highest BCUT2D eigenvalue weighted by molar-refractivity contribution is 5.61. The Balaban J connectivity index is 1.30. The van der Waals surface area contributed by atoms with Gasteiger partial charge in [0.05, 0.1) is 6.42 Å². The maximum Gasteiger partial charge on any atom is 0.169 e. The van der Waals surface area contributed by atoms with Crippen LogP contribution in [-0.2, 0) is 26.2 Å². The van der Waals surface area contributed by atoms with Crippen LogP contribution in [0.15, 0.2) is 98.1 Å². The molecule has 4 aromatic heterocycles. The first-order valence-corrected chi connectivity index (χ1v) is 11.2. The van der Waals surface area contributed by atoms with E-state index < -0.39 is 0 Å². The van der Waals surface area contributed by atoms with E-state index in [-0.39, 0.29) is 0 Å². The summed E-state index contributed by atoms with van der Waals surface area (Å²) >= 11 is 0. The van der Waals surface area contributed by atoms with Crippen LogP contribution in [0.3, 0.4) is 0 Å². The van der Waals surface area contributed by atoms with Gasteiger partial charge in [-0.1, -0.05) is 0 Å². The quantitative estimate of drug-likeness (QED) is 0.395. The van der Waals surface area contributed by atoms with Gasteiger partial charge in [-0.2, -0.15) is 0 Å². The van der Waals surface area contributed by atoms with Gasteiger partial charge in [-0.3, -0.25) is 0 Å². The minimum absolute atomic E-state index is 1.00. The number of rotatable bonds is 8. The molecule has 4 rings (SSSR count). The summed E-state index contributed by atoms with van der Waals surface area (Å²) in [5.41, 5.74) is 5.04. The zero-order valence-corrected chi connectivity index (χ0v) is 18.6. The highest BCUT2D eigenvalue weighted by Gasteiger charge is 2.08. The SMILES string of the molecule is CC[n+]1ccc(-c2cc[n+](CCC[n+]3ccc(-c4cc[n+](CC)cc4)cc3)cc2)cc1. The average molecular weight is 413 g/mol. The van der Waals surface area contributed by atoms with Gasteiger partial charge < -0.3 is 0 Å². The molecule has 4 heteroatoms. The zero-order chi connectivity index (χ0) is 21.5. The van der Waals surface area contributed by atoms with Crippen molar-refractivity contribution in [2.24, 2.45) is 0 Å². The molecule has 0 aliphatic carbocycles. The van der Waals surface area contributed by atoms with Gasteiger partial charge in [0, 0.05) is 48.5 Å². The number of pyridine rings is 4. The van der Waals surface area contributed by atoms with Crippen molar-refractivity contribution in [2.75, 3.05) is 0 Å². The molecule has 156 valence electrons. The van der Waals surface area contributed by atoms with Gasteiger partial charge >= 0.3 is 0 Å². The van der Waals surface area contributed by atoms with E-state index in [1.807, 2.05) is 0 Å². The molecule has 4 nitrogen and oxygen atoms in total. The highest BCUT2D eigenvalue weighted by Crippen LogP contribution is 2.16. The average Bonchev–Trinajstić information content (AvgIpc) is 2.85. The van der Waals surface area contributed by atoms with Crippen molar-refractivity contribution in [2.45, 2.75) is 46.4 Å². The second-order valence-corrected chi connectivity index (χ2v) is 7.84. The lowest BCUT2D eigenvalue weighted by Crippen LogP contribution is -2.38. The van der Waals surface area contributed by atoms with Crippen molar-refractivity contribution in [3.8, 4) is 22.3 Å². The van der Waals surface area contributed by atoms with Gasteiger partial charge in [-0.05, 0) is 36.1 Å². The van der Waals surface area contributed by atoms with Crippen LogP contribution < -0.4 is 18.3 Å². The molecule has 0 aliphatic heterocycles. The lowest BCUT2D eigenvalue weighted by atomic mass is 10.1. The molecule has 0 radical (unpaired) electrons. The molecule has 31 heavy (non-hydrogen) atoms. The third kappa shape index (κ3) is 5.40. The van der Waals surface area contributed by atoms with Crippen molar-refractivity contribution in [1.29, 1.82) is 0 Å². The Hall–Kier alpha value is -3.40. The van der Waals surface area contributed by atoms with Crippen molar-refractivity contribution in [1.82, 2.24) is 0 Å². The summed E-state index contributed by atoms with van der Waals surface area (Å²) in [6, 6.07) is 17.5. The molecule has 4 aromatic rings. The van der Waals surface area contributed by atoms with E-state index in [1.54, 1.807) is 0 Å². The molecule has 0 saturated heterocycles. The number of aryl methyl sites for hydroxylation is 4. The molecule has 0 aromatic carbocycles. The van der Waals surface area contributed by atoms with Crippen LogP contribution in [0.1, 0.15) is 20.3 Å². The van der Waals surface area contributed by atoms with E-state index in [0.717, 1.165) is 32.6 Å². The summed E-state index contributed by atoms with van der Waals surface area (Å²) in [5, 5.41) is 0. The summed E-state index contributed by atoms with van der Waals surface area (Å²) in [6.07, 6.45) is 18.4. The summed E-state index contributed by atoms with van der Waals surface area (Å²) in [4.78, 5) is 0. The highest BCUT2D eigenvalue weighted by atomic mass is 15.0. The molecule has 0 spiro atoms. The summed E-state index contributed by atoms with van der Waals surface area (Å²) in [6.45, 7) is 8.33. The molecule has 0 atom stereocenters. The molecule has 0 bridgehead atoms. The molecule has 0 aliphatic rings. The number of hydrogen-bond acceptors (Lipinski definition) is 0. The smallest absolute Gasteiger partial charge is 0.169 e. The third-order valence-corrected chi connectivity index (χ3v) is 5.79. The maximum absolute atomic E-state index is 2.26. The molecule has 4 heterocycles. The molecule has 0 fully saturated rings. The van der Waals surface area contributed by atoms with Crippen LogP contribution in [0, 0.1) is 0 Å². The first-order valence-electron chi connectivity index (χ1n) is 11.2. The molecular formula is C27H32N4+4.